The van der Waals surface area contributed by atoms with Crippen molar-refractivity contribution >= 4 is 34.6 Å². The number of nitrogens with one attached hydrogen (secondary N) is 2. The van der Waals surface area contributed by atoms with Gasteiger partial charge in [-0.2, -0.15) is 0 Å². The van der Waals surface area contributed by atoms with Crippen molar-refractivity contribution in [2.75, 3.05) is 5.32 Å². The Morgan fingerprint density at radius 3 is 2.35 bits per heavy atom. The lowest BCUT2D eigenvalue weighted by molar-refractivity contribution is 0.115. The molecule has 2 bridgehead atoms. The first kappa shape index (κ1) is 17.8. The highest BCUT2D eigenvalue weighted by molar-refractivity contribution is 7.80. The quantitative estimate of drug-likeness (QED) is 0.737. The lowest BCUT2D eigenvalue weighted by Crippen LogP contribution is -2.50. The summed E-state index contributed by atoms with van der Waals surface area (Å²) >= 11 is 11.7. The first-order valence-corrected chi connectivity index (χ1v) is 10.1. The molecule has 2 fully saturated rings. The van der Waals surface area contributed by atoms with Crippen LogP contribution in [0.5, 0.6) is 0 Å². The molecule has 5 heteroatoms. The smallest absolute Gasteiger partial charge is 0.171 e. The number of halogens is 1. The first-order valence-electron chi connectivity index (χ1n) is 9.31. The van der Waals surface area contributed by atoms with Crippen LogP contribution >= 0.6 is 23.8 Å². The Bertz CT molecular complexity index is 753. The molecule has 0 amide bonds. The summed E-state index contributed by atoms with van der Waals surface area (Å²) < 4.78 is 0. The van der Waals surface area contributed by atoms with Gasteiger partial charge in [0, 0.05) is 24.7 Å². The zero-order valence-corrected chi connectivity index (χ0v) is 16.3. The van der Waals surface area contributed by atoms with Gasteiger partial charge in [0.2, 0.25) is 0 Å². The predicted octanol–water partition coefficient (Wildman–Crippen LogP) is 4.82. The van der Waals surface area contributed by atoms with Crippen molar-refractivity contribution in [1.82, 2.24) is 10.2 Å². The standard InChI is InChI=1S/C21H24ClN3S/c22-19-8-4-5-9-20(19)24-21(26)23-16-12-17-10-11-18(13-16)25(17)14-15-6-2-1-3-7-15/h1-9,16-18H,10-14H2,(H2,23,24,26)/t17-,18-/m0/s1. The van der Waals surface area contributed by atoms with Gasteiger partial charge in [0.15, 0.2) is 5.11 Å². The highest BCUT2D eigenvalue weighted by atomic mass is 35.5. The molecule has 136 valence electrons. The second-order valence-electron chi connectivity index (χ2n) is 7.29. The zero-order chi connectivity index (χ0) is 17.9. The van der Waals surface area contributed by atoms with Gasteiger partial charge in [0.1, 0.15) is 0 Å². The molecule has 0 spiro atoms. The van der Waals surface area contributed by atoms with E-state index in [1.807, 2.05) is 24.3 Å². The first-order chi connectivity index (χ1) is 12.7. The van der Waals surface area contributed by atoms with Crippen molar-refractivity contribution in [2.24, 2.45) is 0 Å². The van der Waals surface area contributed by atoms with Crippen LogP contribution in [-0.2, 0) is 6.54 Å². The molecule has 2 aliphatic heterocycles. The van der Waals surface area contributed by atoms with E-state index in [0.717, 1.165) is 25.1 Å². The summed E-state index contributed by atoms with van der Waals surface area (Å²) in [5.41, 5.74) is 2.27. The number of piperidine rings is 1. The Morgan fingerprint density at radius 2 is 1.65 bits per heavy atom. The molecule has 0 aliphatic carbocycles. The largest absolute Gasteiger partial charge is 0.360 e. The Morgan fingerprint density at radius 1 is 1.00 bits per heavy atom. The van der Waals surface area contributed by atoms with E-state index in [-0.39, 0.29) is 0 Å². The normalized spacial score (nSPS) is 25.0. The molecular weight excluding hydrogens is 362 g/mol. The maximum atomic E-state index is 6.21. The summed E-state index contributed by atoms with van der Waals surface area (Å²) in [6.07, 6.45) is 4.88. The SMILES string of the molecule is S=C(Nc1ccccc1Cl)NC1C[C@@H]2CC[C@@H](C1)N2Cc1ccccc1. The minimum atomic E-state index is 0.432. The highest BCUT2D eigenvalue weighted by Crippen LogP contribution is 2.36. The molecule has 2 aliphatic rings. The molecule has 2 aromatic rings. The minimum Gasteiger partial charge on any atom is -0.360 e. The number of fused-ring (bicyclic) bond motifs is 2. The summed E-state index contributed by atoms with van der Waals surface area (Å²) in [5, 5.41) is 8.10. The molecular formula is C21H24ClN3S. The average Bonchev–Trinajstić information content (AvgIpc) is 2.87. The van der Waals surface area contributed by atoms with E-state index in [9.17, 15) is 0 Å². The van der Waals surface area contributed by atoms with Gasteiger partial charge in [-0.1, -0.05) is 54.1 Å². The van der Waals surface area contributed by atoms with Crippen LogP contribution in [0.25, 0.3) is 0 Å². The molecule has 2 atom stereocenters. The van der Waals surface area contributed by atoms with Crippen molar-refractivity contribution in [3.05, 3.63) is 65.2 Å². The van der Waals surface area contributed by atoms with E-state index >= 15 is 0 Å². The van der Waals surface area contributed by atoms with Crippen LogP contribution in [0.2, 0.25) is 5.02 Å². The van der Waals surface area contributed by atoms with Gasteiger partial charge in [-0.15, -0.1) is 0 Å². The maximum absolute atomic E-state index is 6.21. The fraction of sp³-hybridized carbons (Fsp3) is 0.381. The lowest BCUT2D eigenvalue weighted by Gasteiger charge is -2.39. The Kier molecular flexibility index (Phi) is 5.44. The number of hydrogen-bond acceptors (Lipinski definition) is 2. The molecule has 0 aromatic heterocycles. The lowest BCUT2D eigenvalue weighted by atomic mass is 9.96. The number of benzene rings is 2. The molecule has 2 aromatic carbocycles. The van der Waals surface area contributed by atoms with Crippen LogP contribution in [0, 0.1) is 0 Å². The van der Waals surface area contributed by atoms with Crippen molar-refractivity contribution in [1.29, 1.82) is 0 Å². The van der Waals surface area contributed by atoms with Gasteiger partial charge in [-0.3, -0.25) is 4.90 Å². The molecule has 0 saturated carbocycles. The van der Waals surface area contributed by atoms with Gasteiger partial charge in [0.05, 0.1) is 10.7 Å². The minimum absolute atomic E-state index is 0.432. The molecule has 2 heterocycles. The van der Waals surface area contributed by atoms with Crippen LogP contribution in [0.4, 0.5) is 5.69 Å². The van der Waals surface area contributed by atoms with Crippen LogP contribution in [0.3, 0.4) is 0 Å². The van der Waals surface area contributed by atoms with Crippen LogP contribution in [-0.4, -0.2) is 28.1 Å². The summed E-state index contributed by atoms with van der Waals surface area (Å²) in [5.74, 6) is 0. The number of rotatable bonds is 4. The Hall–Kier alpha value is -1.62. The van der Waals surface area contributed by atoms with Crippen molar-refractivity contribution in [2.45, 2.75) is 50.4 Å². The van der Waals surface area contributed by atoms with E-state index in [2.05, 4.69) is 45.9 Å². The highest BCUT2D eigenvalue weighted by Gasteiger charge is 2.40. The van der Waals surface area contributed by atoms with Crippen LogP contribution in [0.1, 0.15) is 31.2 Å². The van der Waals surface area contributed by atoms with E-state index in [1.54, 1.807) is 0 Å². The average molecular weight is 386 g/mol. The second kappa shape index (κ2) is 7.95. The van der Waals surface area contributed by atoms with E-state index in [0.29, 0.717) is 28.3 Å². The Balaban J connectivity index is 1.34. The number of para-hydroxylation sites is 1. The maximum Gasteiger partial charge on any atom is 0.171 e. The van der Waals surface area contributed by atoms with Gasteiger partial charge in [-0.25, -0.2) is 0 Å². The van der Waals surface area contributed by atoms with Crippen LogP contribution in [0.15, 0.2) is 54.6 Å². The third-order valence-corrected chi connectivity index (χ3v) is 6.10. The van der Waals surface area contributed by atoms with Gasteiger partial charge in [-0.05, 0) is 55.6 Å². The summed E-state index contributed by atoms with van der Waals surface area (Å²) in [6, 6.07) is 20.2. The topological polar surface area (TPSA) is 27.3 Å². The summed E-state index contributed by atoms with van der Waals surface area (Å²) in [4.78, 5) is 2.69. The zero-order valence-electron chi connectivity index (χ0n) is 14.7. The number of anilines is 1. The van der Waals surface area contributed by atoms with E-state index in [1.165, 1.54) is 18.4 Å². The summed E-state index contributed by atoms with van der Waals surface area (Å²) in [7, 11) is 0. The summed E-state index contributed by atoms with van der Waals surface area (Å²) in [6.45, 7) is 1.06. The third-order valence-electron chi connectivity index (χ3n) is 5.55. The van der Waals surface area contributed by atoms with Crippen LogP contribution < -0.4 is 10.6 Å². The molecule has 2 N–H and O–H groups in total. The monoisotopic (exact) mass is 385 g/mol. The molecule has 2 saturated heterocycles. The molecule has 3 nitrogen and oxygen atoms in total. The second-order valence-corrected chi connectivity index (χ2v) is 8.11. The molecule has 4 rings (SSSR count). The molecule has 26 heavy (non-hydrogen) atoms. The molecule has 0 radical (unpaired) electrons. The van der Waals surface area contributed by atoms with E-state index in [4.69, 9.17) is 23.8 Å². The third kappa shape index (κ3) is 4.03. The van der Waals surface area contributed by atoms with Crippen molar-refractivity contribution in [3.8, 4) is 0 Å². The predicted molar refractivity (Wildman–Crippen MR) is 113 cm³/mol. The Labute approximate surface area is 165 Å². The van der Waals surface area contributed by atoms with Gasteiger partial charge in [0.25, 0.3) is 0 Å². The van der Waals surface area contributed by atoms with E-state index < -0.39 is 0 Å². The fourth-order valence-electron chi connectivity index (χ4n) is 4.35. The van der Waals surface area contributed by atoms with Gasteiger partial charge < -0.3 is 10.6 Å². The number of nitrogens with zero attached hydrogens (tertiary/aromatic N) is 1. The number of hydrogen-bond donors (Lipinski definition) is 2. The van der Waals surface area contributed by atoms with Crippen molar-refractivity contribution < 1.29 is 0 Å². The molecule has 0 unspecified atom stereocenters. The number of thiocarbonyl (C=S) groups is 1. The fourth-order valence-corrected chi connectivity index (χ4v) is 4.81. The van der Waals surface area contributed by atoms with Crippen molar-refractivity contribution in [3.63, 3.8) is 0 Å². The van der Waals surface area contributed by atoms with Gasteiger partial charge >= 0.3 is 0 Å².